The second-order valence-electron chi connectivity index (χ2n) is 10.2. The number of benzene rings is 2. The van der Waals surface area contributed by atoms with Gasteiger partial charge in [0.1, 0.15) is 11.5 Å². The molecule has 0 saturated carbocycles. The van der Waals surface area contributed by atoms with Crippen LogP contribution in [0.4, 0.5) is 4.79 Å². The molecule has 2 aromatic carbocycles. The van der Waals surface area contributed by atoms with E-state index < -0.39 is 0 Å². The average Bonchev–Trinajstić information content (AvgIpc) is 3.66. The van der Waals surface area contributed by atoms with Crippen molar-refractivity contribution < 1.29 is 19.1 Å². The summed E-state index contributed by atoms with van der Waals surface area (Å²) in [6.07, 6.45) is 3.04. The predicted molar refractivity (Wildman–Crippen MR) is 142 cm³/mol. The number of aromatic nitrogens is 2. The van der Waals surface area contributed by atoms with Gasteiger partial charge in [0.15, 0.2) is 0 Å². The smallest absolute Gasteiger partial charge is 0.344 e. The first-order valence-electron chi connectivity index (χ1n) is 13.0. The van der Waals surface area contributed by atoms with Gasteiger partial charge in [0.25, 0.3) is 5.91 Å². The van der Waals surface area contributed by atoms with Gasteiger partial charge in [0, 0.05) is 57.0 Å². The molecule has 3 aliphatic rings. The molecule has 9 nitrogen and oxygen atoms in total. The first kappa shape index (κ1) is 24.9. The molecule has 0 bridgehead atoms. The van der Waals surface area contributed by atoms with Crippen molar-refractivity contribution in [3.63, 3.8) is 0 Å². The molecule has 38 heavy (non-hydrogen) atoms. The number of amides is 2. The van der Waals surface area contributed by atoms with Crippen molar-refractivity contribution in [2.75, 3.05) is 52.5 Å². The van der Waals surface area contributed by atoms with Gasteiger partial charge in [-0.15, -0.1) is 0 Å². The van der Waals surface area contributed by atoms with E-state index in [4.69, 9.17) is 21.1 Å². The second kappa shape index (κ2) is 10.8. The van der Waals surface area contributed by atoms with Crippen LogP contribution in [0.5, 0.6) is 11.5 Å². The van der Waals surface area contributed by atoms with Gasteiger partial charge in [-0.2, -0.15) is 9.78 Å². The topological polar surface area (TPSA) is 80.1 Å². The third kappa shape index (κ3) is 5.41. The highest BCUT2D eigenvalue weighted by Gasteiger charge is 2.42. The number of halogens is 1. The van der Waals surface area contributed by atoms with Crippen LogP contribution in [0.3, 0.4) is 0 Å². The molecule has 2 atom stereocenters. The Morgan fingerprint density at radius 2 is 1.68 bits per heavy atom. The summed E-state index contributed by atoms with van der Waals surface area (Å²) in [5.74, 6) is 2.30. The number of hydrogen-bond acceptors (Lipinski definition) is 6. The van der Waals surface area contributed by atoms with Crippen molar-refractivity contribution in [3.8, 4) is 11.5 Å². The van der Waals surface area contributed by atoms with Crippen molar-refractivity contribution in [1.82, 2.24) is 24.5 Å². The van der Waals surface area contributed by atoms with Crippen molar-refractivity contribution in [2.24, 2.45) is 11.8 Å². The number of fused-ring (bicyclic) bond motifs is 1. The lowest BCUT2D eigenvalue weighted by Gasteiger charge is -2.26. The zero-order valence-electron chi connectivity index (χ0n) is 21.0. The van der Waals surface area contributed by atoms with Gasteiger partial charge in [-0.3, -0.25) is 9.69 Å². The quantitative estimate of drug-likeness (QED) is 0.494. The Hall–Kier alpha value is -3.40. The maximum atomic E-state index is 13.1. The predicted octanol–water partition coefficient (Wildman–Crippen LogP) is 3.83. The molecule has 6 rings (SSSR count). The molecule has 3 fully saturated rings. The summed E-state index contributed by atoms with van der Waals surface area (Å²) in [5, 5.41) is 4.88. The number of carbonyl (C=O) groups excluding carboxylic acids is 2. The molecule has 198 valence electrons. The minimum absolute atomic E-state index is 0.107. The highest BCUT2D eigenvalue weighted by Crippen LogP contribution is 2.33. The van der Waals surface area contributed by atoms with Crippen LogP contribution in [-0.4, -0.2) is 88.9 Å². The van der Waals surface area contributed by atoms with Crippen LogP contribution in [0, 0.1) is 11.8 Å². The molecule has 1 aromatic heterocycles. The van der Waals surface area contributed by atoms with E-state index in [1.165, 1.54) is 16.4 Å². The van der Waals surface area contributed by atoms with Crippen LogP contribution in [0.25, 0.3) is 0 Å². The van der Waals surface area contributed by atoms with Crippen molar-refractivity contribution in [2.45, 2.75) is 6.54 Å². The Labute approximate surface area is 226 Å². The molecule has 3 aliphatic heterocycles. The van der Waals surface area contributed by atoms with Crippen LogP contribution in [0.2, 0.25) is 5.02 Å². The summed E-state index contributed by atoms with van der Waals surface area (Å²) >= 11 is 5.97. The fourth-order valence-corrected chi connectivity index (χ4v) is 5.74. The largest absolute Gasteiger partial charge is 0.457 e. The summed E-state index contributed by atoms with van der Waals surface area (Å²) < 4.78 is 12.6. The van der Waals surface area contributed by atoms with Gasteiger partial charge in [0.05, 0.1) is 25.0 Å². The van der Waals surface area contributed by atoms with E-state index in [-0.39, 0.29) is 11.9 Å². The lowest BCUT2D eigenvalue weighted by atomic mass is 10.0. The average molecular weight is 536 g/mol. The molecular weight excluding hydrogens is 506 g/mol. The minimum atomic E-state index is -0.168. The standard InChI is InChI=1S/C28H30ClN5O4/c29-24-4-6-25(7-5-24)38-26-3-1-2-20(12-26)14-31-15-22-17-33(18-23(22)16-31)28(36)34-19-21(13-30-34)27(35)32-8-10-37-11-9-32/h1-7,12-13,19,22-23H,8-11,14-18H2. The third-order valence-corrected chi connectivity index (χ3v) is 7.76. The zero-order valence-corrected chi connectivity index (χ0v) is 21.8. The lowest BCUT2D eigenvalue weighted by Crippen LogP contribution is -2.40. The highest BCUT2D eigenvalue weighted by molar-refractivity contribution is 6.30. The number of morpholine rings is 1. The van der Waals surface area contributed by atoms with Crippen LogP contribution < -0.4 is 4.74 Å². The van der Waals surface area contributed by atoms with Gasteiger partial charge < -0.3 is 19.3 Å². The van der Waals surface area contributed by atoms with E-state index in [0.29, 0.717) is 61.8 Å². The molecule has 3 saturated heterocycles. The first-order chi connectivity index (χ1) is 18.5. The molecule has 0 N–H and O–H groups in total. The van der Waals surface area contributed by atoms with Crippen molar-refractivity contribution in [1.29, 1.82) is 0 Å². The van der Waals surface area contributed by atoms with Gasteiger partial charge in [0.2, 0.25) is 0 Å². The molecular formula is C28H30ClN5O4. The molecule has 0 spiro atoms. The number of hydrogen-bond donors (Lipinski definition) is 0. The van der Waals surface area contributed by atoms with E-state index in [2.05, 4.69) is 22.1 Å². The molecule has 10 heteroatoms. The number of likely N-dealkylation sites (tertiary alicyclic amines) is 2. The molecule has 2 amide bonds. The maximum absolute atomic E-state index is 13.1. The first-order valence-corrected chi connectivity index (χ1v) is 13.4. The number of ether oxygens (including phenoxy) is 2. The van der Waals surface area contributed by atoms with Crippen LogP contribution >= 0.6 is 11.6 Å². The summed E-state index contributed by atoms with van der Waals surface area (Å²) in [7, 11) is 0. The van der Waals surface area contributed by atoms with E-state index in [0.717, 1.165) is 31.1 Å². The van der Waals surface area contributed by atoms with Gasteiger partial charge in [-0.1, -0.05) is 23.7 Å². The van der Waals surface area contributed by atoms with Crippen LogP contribution in [0.15, 0.2) is 60.9 Å². The van der Waals surface area contributed by atoms with Gasteiger partial charge >= 0.3 is 6.03 Å². The fourth-order valence-electron chi connectivity index (χ4n) is 5.61. The lowest BCUT2D eigenvalue weighted by molar-refractivity contribution is 0.0303. The normalized spacial score (nSPS) is 21.5. The van der Waals surface area contributed by atoms with Gasteiger partial charge in [-0.25, -0.2) is 4.79 Å². The Balaban J connectivity index is 1.02. The van der Waals surface area contributed by atoms with E-state index in [9.17, 15) is 9.59 Å². The Morgan fingerprint density at radius 1 is 0.947 bits per heavy atom. The zero-order chi connectivity index (χ0) is 26.1. The van der Waals surface area contributed by atoms with Crippen LogP contribution in [0.1, 0.15) is 15.9 Å². The maximum Gasteiger partial charge on any atom is 0.344 e. The Morgan fingerprint density at radius 3 is 2.42 bits per heavy atom. The molecule has 3 aromatic rings. The second-order valence-corrected chi connectivity index (χ2v) is 10.6. The number of rotatable bonds is 5. The van der Waals surface area contributed by atoms with E-state index in [1.807, 2.05) is 41.3 Å². The molecule has 0 aliphatic carbocycles. The monoisotopic (exact) mass is 535 g/mol. The minimum Gasteiger partial charge on any atom is -0.457 e. The highest BCUT2D eigenvalue weighted by atomic mass is 35.5. The Kier molecular flexibility index (Phi) is 7.06. The summed E-state index contributed by atoms with van der Waals surface area (Å²) in [4.78, 5) is 31.9. The molecule has 0 radical (unpaired) electrons. The number of nitrogens with zero attached hydrogens (tertiary/aromatic N) is 5. The molecule has 2 unspecified atom stereocenters. The third-order valence-electron chi connectivity index (χ3n) is 7.51. The number of carbonyl (C=O) groups is 2. The van der Waals surface area contributed by atoms with Crippen molar-refractivity contribution >= 4 is 23.5 Å². The Bertz CT molecular complexity index is 1290. The van der Waals surface area contributed by atoms with E-state index >= 15 is 0 Å². The van der Waals surface area contributed by atoms with Crippen molar-refractivity contribution in [3.05, 3.63) is 77.1 Å². The summed E-state index contributed by atoms with van der Waals surface area (Å²) in [6.45, 7) is 6.31. The van der Waals surface area contributed by atoms with Gasteiger partial charge in [-0.05, 0) is 53.8 Å². The van der Waals surface area contributed by atoms with E-state index in [1.54, 1.807) is 11.1 Å². The van der Waals surface area contributed by atoms with Crippen LogP contribution in [-0.2, 0) is 11.3 Å². The summed E-state index contributed by atoms with van der Waals surface area (Å²) in [5.41, 5.74) is 1.63. The summed E-state index contributed by atoms with van der Waals surface area (Å²) in [6, 6.07) is 15.3. The molecule has 4 heterocycles. The SMILES string of the molecule is O=C(c1cnn(C(=O)N2CC3CN(Cc4cccc(Oc5ccc(Cl)cc5)c4)CC3C2)c1)N1CCOCC1. The fraction of sp³-hybridized carbons (Fsp3) is 0.393.